The molecule has 0 radical (unpaired) electrons. The van der Waals surface area contributed by atoms with Gasteiger partial charge in [-0.25, -0.2) is 0 Å². The number of carboxylic acid groups (broad SMARTS) is 1. The summed E-state index contributed by atoms with van der Waals surface area (Å²) in [6.07, 6.45) is 0.00442. The van der Waals surface area contributed by atoms with Crippen LogP contribution in [0.25, 0.3) is 0 Å². The highest BCUT2D eigenvalue weighted by Crippen LogP contribution is 2.29. The van der Waals surface area contributed by atoms with Gasteiger partial charge in [-0.05, 0) is 32.0 Å². The molecule has 4 nitrogen and oxygen atoms in total. The second kappa shape index (κ2) is 6.13. The number of amides is 1. The van der Waals surface area contributed by atoms with Crippen LogP contribution in [0.15, 0.2) is 0 Å². The zero-order valence-corrected chi connectivity index (χ0v) is 10.2. The zero-order valence-electron chi connectivity index (χ0n) is 9.43. The molecular weight excluding hydrogens is 259 g/mol. The Morgan fingerprint density at radius 3 is 2.24 bits per heavy atom. The van der Waals surface area contributed by atoms with E-state index in [2.05, 4.69) is 5.32 Å². The topological polar surface area (TPSA) is 66.4 Å². The largest absolute Gasteiger partial charge is 0.481 e. The summed E-state index contributed by atoms with van der Waals surface area (Å²) < 4.78 is 35.4. The van der Waals surface area contributed by atoms with Crippen molar-refractivity contribution in [3.8, 4) is 0 Å². The van der Waals surface area contributed by atoms with E-state index >= 15 is 0 Å². The van der Waals surface area contributed by atoms with Gasteiger partial charge >= 0.3 is 11.5 Å². The monoisotopic (exact) mass is 273 g/mol. The molecule has 0 aliphatic carbocycles. The van der Waals surface area contributed by atoms with Gasteiger partial charge in [0.2, 0.25) is 5.91 Å². The molecule has 0 bridgehead atoms. The van der Waals surface area contributed by atoms with Crippen molar-refractivity contribution >= 4 is 23.6 Å². The minimum atomic E-state index is -4.44. The normalized spacial score (nSPS) is 12.3. The van der Waals surface area contributed by atoms with E-state index in [0.717, 1.165) is 0 Å². The molecule has 0 fully saturated rings. The van der Waals surface area contributed by atoms with Crippen LogP contribution < -0.4 is 5.32 Å². The average Bonchev–Trinajstić information content (AvgIpc) is 2.10. The summed E-state index contributed by atoms with van der Waals surface area (Å²) in [6.45, 7) is 3.12. The maximum Gasteiger partial charge on any atom is 0.442 e. The minimum Gasteiger partial charge on any atom is -0.481 e. The lowest BCUT2D eigenvalue weighted by Gasteiger charge is -2.25. The molecule has 17 heavy (non-hydrogen) atoms. The molecule has 0 spiro atoms. The lowest BCUT2D eigenvalue weighted by Crippen LogP contribution is -2.44. The van der Waals surface area contributed by atoms with Crippen molar-refractivity contribution in [2.24, 2.45) is 0 Å². The number of carbonyl (C=O) groups is 2. The van der Waals surface area contributed by atoms with E-state index < -0.39 is 40.4 Å². The number of hydrogen-bond donors (Lipinski definition) is 2. The first-order valence-corrected chi connectivity index (χ1v) is 5.74. The van der Waals surface area contributed by atoms with Gasteiger partial charge in [-0.1, -0.05) is 0 Å². The van der Waals surface area contributed by atoms with E-state index in [0.29, 0.717) is 0 Å². The van der Waals surface area contributed by atoms with Crippen molar-refractivity contribution in [1.82, 2.24) is 5.32 Å². The Morgan fingerprint density at radius 2 is 1.82 bits per heavy atom. The maximum atomic E-state index is 11.8. The third kappa shape index (κ3) is 9.98. The molecule has 0 aliphatic heterocycles. The van der Waals surface area contributed by atoms with Crippen molar-refractivity contribution < 1.29 is 27.9 Å². The Kier molecular flexibility index (Phi) is 5.80. The van der Waals surface area contributed by atoms with Gasteiger partial charge in [-0.3, -0.25) is 9.59 Å². The molecule has 0 saturated heterocycles. The number of thioether (sulfide) groups is 1. The Hall–Kier alpha value is -0.920. The fourth-order valence-electron chi connectivity index (χ4n) is 1.04. The summed E-state index contributed by atoms with van der Waals surface area (Å²) in [6, 6.07) is 0. The van der Waals surface area contributed by atoms with Crippen molar-refractivity contribution in [2.45, 2.75) is 37.7 Å². The van der Waals surface area contributed by atoms with Gasteiger partial charge in [0, 0.05) is 12.0 Å². The quantitative estimate of drug-likeness (QED) is 0.776. The molecule has 0 atom stereocenters. The van der Waals surface area contributed by atoms with Crippen LogP contribution in [0.5, 0.6) is 0 Å². The smallest absolute Gasteiger partial charge is 0.442 e. The van der Waals surface area contributed by atoms with Crippen molar-refractivity contribution in [2.75, 3.05) is 5.75 Å². The summed E-state index contributed by atoms with van der Waals surface area (Å²) in [5, 5.41) is 10.8. The Bertz CT molecular complexity index is 292. The van der Waals surface area contributed by atoms with E-state index in [1.54, 1.807) is 13.8 Å². The minimum absolute atomic E-state index is 0.153. The number of aliphatic carboxylic acids is 1. The van der Waals surface area contributed by atoms with Crippen LogP contribution in [-0.4, -0.2) is 33.8 Å². The Morgan fingerprint density at radius 1 is 1.29 bits per heavy atom. The fourth-order valence-corrected chi connectivity index (χ4v) is 1.41. The van der Waals surface area contributed by atoms with Crippen molar-refractivity contribution in [3.63, 3.8) is 0 Å². The summed E-state index contributed by atoms with van der Waals surface area (Å²) in [4.78, 5) is 21.5. The third-order valence-corrected chi connectivity index (χ3v) is 2.54. The lowest BCUT2D eigenvalue weighted by atomic mass is 9.98. The van der Waals surface area contributed by atoms with Crippen molar-refractivity contribution in [1.29, 1.82) is 0 Å². The number of nitrogens with one attached hydrogen (secondary N) is 1. The number of alkyl halides is 3. The summed E-state index contributed by atoms with van der Waals surface area (Å²) in [5.41, 5.74) is -5.27. The lowest BCUT2D eigenvalue weighted by molar-refractivity contribution is -0.137. The Balaban J connectivity index is 4.05. The molecule has 0 aliphatic rings. The molecule has 8 heteroatoms. The highest BCUT2D eigenvalue weighted by atomic mass is 32.2. The summed E-state index contributed by atoms with van der Waals surface area (Å²) in [7, 11) is 0. The predicted octanol–water partition coefficient (Wildman–Crippen LogP) is 2.00. The van der Waals surface area contributed by atoms with E-state index in [4.69, 9.17) is 5.11 Å². The van der Waals surface area contributed by atoms with Crippen LogP contribution in [0.2, 0.25) is 0 Å². The maximum absolute atomic E-state index is 11.8. The number of carbonyl (C=O) groups excluding carboxylic acids is 1. The predicted molar refractivity (Wildman–Crippen MR) is 57.6 cm³/mol. The molecular formula is C9H14F3NO3S. The number of hydrogen-bond acceptors (Lipinski definition) is 3. The van der Waals surface area contributed by atoms with Crippen LogP contribution >= 0.6 is 11.8 Å². The molecule has 100 valence electrons. The number of halogens is 3. The molecule has 0 rings (SSSR count). The van der Waals surface area contributed by atoms with Gasteiger partial charge in [-0.2, -0.15) is 13.2 Å². The van der Waals surface area contributed by atoms with Gasteiger partial charge in [0.1, 0.15) is 0 Å². The fraction of sp³-hybridized carbons (Fsp3) is 0.778. The molecule has 0 aromatic rings. The third-order valence-electron chi connectivity index (χ3n) is 1.81. The number of rotatable bonds is 6. The van der Waals surface area contributed by atoms with E-state index in [-0.39, 0.29) is 12.8 Å². The molecule has 0 saturated carbocycles. The number of carboxylic acids is 1. The van der Waals surface area contributed by atoms with E-state index in [1.165, 1.54) is 0 Å². The summed E-state index contributed by atoms with van der Waals surface area (Å²) >= 11 is -0.422. The highest BCUT2D eigenvalue weighted by molar-refractivity contribution is 8.00. The van der Waals surface area contributed by atoms with Gasteiger partial charge < -0.3 is 10.4 Å². The first-order chi connectivity index (χ1) is 7.52. The summed E-state index contributed by atoms with van der Waals surface area (Å²) in [5.74, 6) is -2.50. The van der Waals surface area contributed by atoms with E-state index in [9.17, 15) is 22.8 Å². The molecule has 0 aromatic heterocycles. The van der Waals surface area contributed by atoms with E-state index in [1.807, 2.05) is 0 Å². The zero-order chi connectivity index (χ0) is 13.7. The molecule has 0 heterocycles. The SMILES string of the molecule is CC(C)(CCC(=O)O)NC(=O)CSC(F)(F)F. The van der Waals surface area contributed by atoms with Gasteiger partial charge in [0.15, 0.2) is 0 Å². The first-order valence-electron chi connectivity index (χ1n) is 4.75. The van der Waals surface area contributed by atoms with Crippen molar-refractivity contribution in [3.05, 3.63) is 0 Å². The van der Waals surface area contributed by atoms with Crippen LogP contribution in [0.3, 0.4) is 0 Å². The average molecular weight is 273 g/mol. The molecule has 0 aromatic carbocycles. The van der Waals surface area contributed by atoms with Gasteiger partial charge in [0.25, 0.3) is 0 Å². The van der Waals surface area contributed by atoms with Crippen LogP contribution in [-0.2, 0) is 9.59 Å². The second-order valence-corrected chi connectivity index (χ2v) is 5.10. The molecule has 2 N–H and O–H groups in total. The first kappa shape index (κ1) is 16.1. The second-order valence-electron chi connectivity index (χ2n) is 4.06. The highest BCUT2D eigenvalue weighted by Gasteiger charge is 2.30. The van der Waals surface area contributed by atoms with Crippen LogP contribution in [0.4, 0.5) is 13.2 Å². The Labute approximate surface area is 101 Å². The van der Waals surface area contributed by atoms with Gasteiger partial charge in [0.05, 0.1) is 5.75 Å². The molecule has 1 amide bonds. The van der Waals surface area contributed by atoms with Gasteiger partial charge in [-0.15, -0.1) is 0 Å². The van der Waals surface area contributed by atoms with Crippen LogP contribution in [0.1, 0.15) is 26.7 Å². The van der Waals surface area contributed by atoms with Crippen LogP contribution in [0, 0.1) is 0 Å². The standard InChI is InChI=1S/C9H14F3NO3S/c1-8(2,4-3-7(15)16)13-6(14)5-17-9(10,11)12/h3-5H2,1-2H3,(H,13,14)(H,15,16). The molecule has 0 unspecified atom stereocenters.